The van der Waals surface area contributed by atoms with E-state index in [0.717, 1.165) is 34.4 Å². The largest absolute Gasteiger partial charge is 0.349 e. The van der Waals surface area contributed by atoms with Crippen LogP contribution in [0.3, 0.4) is 0 Å². The Kier molecular flexibility index (Phi) is 4.67. The fraction of sp³-hybridized carbons (Fsp3) is 0.562. The minimum atomic E-state index is 0.0607. The fourth-order valence-corrected chi connectivity index (χ4v) is 3.16. The molecule has 1 fully saturated rings. The number of rotatable bonds is 2. The van der Waals surface area contributed by atoms with Crippen molar-refractivity contribution < 1.29 is 4.79 Å². The number of hydrogen-bond acceptors (Lipinski definition) is 1. The van der Waals surface area contributed by atoms with E-state index >= 15 is 0 Å². The molecule has 2 rings (SSSR count). The van der Waals surface area contributed by atoms with E-state index in [9.17, 15) is 4.79 Å². The van der Waals surface area contributed by atoms with E-state index < -0.39 is 0 Å². The minimum absolute atomic E-state index is 0.0607. The molecule has 0 heterocycles. The van der Waals surface area contributed by atoms with Crippen LogP contribution in [-0.4, -0.2) is 11.9 Å². The molecule has 1 amide bonds. The van der Waals surface area contributed by atoms with Gasteiger partial charge in [0.25, 0.3) is 5.91 Å². The van der Waals surface area contributed by atoms with Crippen molar-refractivity contribution in [2.75, 3.05) is 0 Å². The smallest absolute Gasteiger partial charge is 0.251 e. The lowest BCUT2D eigenvalue weighted by molar-refractivity contribution is 0.0910. The molecule has 3 unspecified atom stereocenters. The molecule has 19 heavy (non-hydrogen) atoms. The summed E-state index contributed by atoms with van der Waals surface area (Å²) < 4.78 is 0.991. The molecule has 1 aromatic rings. The number of carbonyl (C=O) groups excluding carboxylic acids is 1. The van der Waals surface area contributed by atoms with Crippen molar-refractivity contribution in [2.45, 2.75) is 46.1 Å². The third kappa shape index (κ3) is 3.38. The second kappa shape index (κ2) is 6.08. The first-order chi connectivity index (χ1) is 8.99. The molecule has 0 saturated heterocycles. The summed E-state index contributed by atoms with van der Waals surface area (Å²) in [4.78, 5) is 12.3. The van der Waals surface area contributed by atoms with Gasteiger partial charge in [-0.25, -0.2) is 0 Å². The summed E-state index contributed by atoms with van der Waals surface area (Å²) in [6.45, 7) is 6.57. The molecule has 0 spiro atoms. The predicted octanol–water partition coefficient (Wildman–Crippen LogP) is 4.31. The Morgan fingerprint density at radius 3 is 2.68 bits per heavy atom. The van der Waals surface area contributed by atoms with Crippen LogP contribution < -0.4 is 5.32 Å². The monoisotopic (exact) mass is 323 g/mol. The Labute approximate surface area is 124 Å². The highest BCUT2D eigenvalue weighted by Gasteiger charge is 2.26. The van der Waals surface area contributed by atoms with Gasteiger partial charge in [0.05, 0.1) is 0 Å². The normalized spacial score (nSPS) is 27.1. The number of benzene rings is 1. The van der Waals surface area contributed by atoms with Gasteiger partial charge in [0.15, 0.2) is 0 Å². The van der Waals surface area contributed by atoms with Gasteiger partial charge in [0, 0.05) is 16.1 Å². The SMILES string of the molecule is Cc1c(Br)cccc1C(=O)NC1CCC(C)C(C)C1. The third-order valence-corrected chi connectivity index (χ3v) is 5.30. The molecular formula is C16H22BrNO. The van der Waals surface area contributed by atoms with Crippen LogP contribution in [-0.2, 0) is 0 Å². The van der Waals surface area contributed by atoms with Gasteiger partial charge in [-0.1, -0.05) is 35.8 Å². The van der Waals surface area contributed by atoms with Gasteiger partial charge >= 0.3 is 0 Å². The Balaban J connectivity index is 2.03. The quantitative estimate of drug-likeness (QED) is 0.863. The zero-order valence-corrected chi connectivity index (χ0v) is 13.5. The van der Waals surface area contributed by atoms with Crippen molar-refractivity contribution in [2.24, 2.45) is 11.8 Å². The molecule has 0 aliphatic heterocycles. The Hall–Kier alpha value is -0.830. The topological polar surface area (TPSA) is 29.1 Å². The van der Waals surface area contributed by atoms with Gasteiger partial charge in [-0.15, -0.1) is 0 Å². The molecule has 3 atom stereocenters. The van der Waals surface area contributed by atoms with Gasteiger partial charge in [0.1, 0.15) is 0 Å². The second-order valence-corrected chi connectivity index (χ2v) is 6.70. The van der Waals surface area contributed by atoms with Crippen LogP contribution in [0.2, 0.25) is 0 Å². The molecule has 104 valence electrons. The molecule has 1 saturated carbocycles. The van der Waals surface area contributed by atoms with E-state index in [4.69, 9.17) is 0 Å². The summed E-state index contributed by atoms with van der Waals surface area (Å²) in [6.07, 6.45) is 3.41. The minimum Gasteiger partial charge on any atom is -0.349 e. The van der Waals surface area contributed by atoms with Gasteiger partial charge < -0.3 is 5.32 Å². The highest BCUT2D eigenvalue weighted by Crippen LogP contribution is 2.29. The van der Waals surface area contributed by atoms with E-state index in [1.807, 2.05) is 25.1 Å². The van der Waals surface area contributed by atoms with Crippen LogP contribution in [0.25, 0.3) is 0 Å². The van der Waals surface area contributed by atoms with Crippen LogP contribution in [0, 0.1) is 18.8 Å². The standard InChI is InChI=1S/C16H22BrNO/c1-10-7-8-13(9-11(10)2)18-16(19)14-5-4-6-15(17)12(14)3/h4-6,10-11,13H,7-9H2,1-3H3,(H,18,19). The maximum atomic E-state index is 12.3. The Morgan fingerprint density at radius 1 is 1.26 bits per heavy atom. The van der Waals surface area contributed by atoms with Crippen LogP contribution in [0.4, 0.5) is 0 Å². The summed E-state index contributed by atoms with van der Waals surface area (Å²) in [6, 6.07) is 6.11. The number of amides is 1. The van der Waals surface area contributed by atoms with Crippen LogP contribution in [0.1, 0.15) is 49.0 Å². The molecule has 2 nitrogen and oxygen atoms in total. The van der Waals surface area contributed by atoms with E-state index in [1.54, 1.807) is 0 Å². The van der Waals surface area contributed by atoms with Crippen molar-refractivity contribution in [3.05, 3.63) is 33.8 Å². The molecule has 1 aromatic carbocycles. The van der Waals surface area contributed by atoms with Crippen molar-refractivity contribution in [3.8, 4) is 0 Å². The van der Waals surface area contributed by atoms with Crippen molar-refractivity contribution in [3.63, 3.8) is 0 Å². The fourth-order valence-electron chi connectivity index (χ4n) is 2.80. The first-order valence-corrected chi connectivity index (χ1v) is 7.84. The second-order valence-electron chi connectivity index (χ2n) is 5.85. The molecule has 1 N–H and O–H groups in total. The van der Waals surface area contributed by atoms with Crippen molar-refractivity contribution in [1.29, 1.82) is 0 Å². The van der Waals surface area contributed by atoms with Gasteiger partial charge in [-0.2, -0.15) is 0 Å². The van der Waals surface area contributed by atoms with Gasteiger partial charge in [-0.3, -0.25) is 4.79 Å². The highest BCUT2D eigenvalue weighted by atomic mass is 79.9. The van der Waals surface area contributed by atoms with Gasteiger partial charge in [-0.05, 0) is 55.7 Å². The first kappa shape index (κ1) is 14.6. The summed E-state index contributed by atoms with van der Waals surface area (Å²) in [5.41, 5.74) is 1.79. The maximum Gasteiger partial charge on any atom is 0.251 e. The number of carbonyl (C=O) groups is 1. The molecule has 0 radical (unpaired) electrons. The molecule has 3 heteroatoms. The van der Waals surface area contributed by atoms with E-state index in [-0.39, 0.29) is 5.91 Å². The average molecular weight is 324 g/mol. The highest BCUT2D eigenvalue weighted by molar-refractivity contribution is 9.10. The average Bonchev–Trinajstić information content (AvgIpc) is 2.37. The summed E-state index contributed by atoms with van der Waals surface area (Å²) in [7, 11) is 0. The van der Waals surface area contributed by atoms with Gasteiger partial charge in [0.2, 0.25) is 0 Å². The van der Waals surface area contributed by atoms with Crippen molar-refractivity contribution in [1.82, 2.24) is 5.32 Å². The molecule has 0 bridgehead atoms. The Bertz CT molecular complexity index is 472. The number of nitrogens with one attached hydrogen (secondary N) is 1. The summed E-state index contributed by atoms with van der Waals surface area (Å²) >= 11 is 3.48. The molecule has 1 aliphatic rings. The van der Waals surface area contributed by atoms with E-state index in [2.05, 4.69) is 35.1 Å². The number of halogens is 1. The third-order valence-electron chi connectivity index (χ3n) is 4.45. The maximum absolute atomic E-state index is 12.3. The molecule has 1 aliphatic carbocycles. The lowest BCUT2D eigenvalue weighted by Crippen LogP contribution is -2.40. The Morgan fingerprint density at radius 2 is 2.00 bits per heavy atom. The number of hydrogen-bond donors (Lipinski definition) is 1. The summed E-state index contributed by atoms with van der Waals surface area (Å²) in [5, 5.41) is 3.19. The van der Waals surface area contributed by atoms with Crippen LogP contribution in [0.15, 0.2) is 22.7 Å². The lowest BCUT2D eigenvalue weighted by Gasteiger charge is -2.32. The van der Waals surface area contributed by atoms with E-state index in [1.165, 1.54) is 6.42 Å². The summed E-state index contributed by atoms with van der Waals surface area (Å²) in [5.74, 6) is 1.54. The zero-order valence-electron chi connectivity index (χ0n) is 11.9. The van der Waals surface area contributed by atoms with E-state index in [0.29, 0.717) is 12.0 Å². The van der Waals surface area contributed by atoms with Crippen LogP contribution >= 0.6 is 15.9 Å². The molecule has 0 aromatic heterocycles. The van der Waals surface area contributed by atoms with Crippen LogP contribution in [0.5, 0.6) is 0 Å². The van der Waals surface area contributed by atoms with Crippen molar-refractivity contribution >= 4 is 21.8 Å². The predicted molar refractivity (Wildman–Crippen MR) is 82.3 cm³/mol. The molecular weight excluding hydrogens is 302 g/mol. The first-order valence-electron chi connectivity index (χ1n) is 7.05. The lowest BCUT2D eigenvalue weighted by atomic mass is 9.79. The zero-order chi connectivity index (χ0) is 14.0.